The third-order valence-electron chi connectivity index (χ3n) is 4.12. The normalized spacial score (nSPS) is 11.0. The van der Waals surface area contributed by atoms with Gasteiger partial charge in [-0.1, -0.05) is 30.7 Å². The zero-order chi connectivity index (χ0) is 21.6. The van der Waals surface area contributed by atoms with Crippen molar-refractivity contribution in [2.45, 2.75) is 18.2 Å². The van der Waals surface area contributed by atoms with Crippen LogP contribution in [0.2, 0.25) is 5.02 Å². The number of anilines is 2. The van der Waals surface area contributed by atoms with Gasteiger partial charge in [-0.2, -0.15) is 0 Å². The maximum atomic E-state index is 12.6. The van der Waals surface area contributed by atoms with E-state index in [0.717, 1.165) is 6.42 Å². The first-order valence-electron chi connectivity index (χ1n) is 9.30. The van der Waals surface area contributed by atoms with Crippen molar-refractivity contribution in [2.75, 3.05) is 16.6 Å². The van der Waals surface area contributed by atoms with Gasteiger partial charge < -0.3 is 10.1 Å². The van der Waals surface area contributed by atoms with E-state index in [1.54, 1.807) is 42.5 Å². The van der Waals surface area contributed by atoms with Crippen LogP contribution in [0.15, 0.2) is 77.7 Å². The summed E-state index contributed by atoms with van der Waals surface area (Å²) in [6, 6.07) is 19.2. The molecule has 0 atom stereocenters. The minimum absolute atomic E-state index is 0.0423. The lowest BCUT2D eigenvalue weighted by Crippen LogP contribution is -2.15. The molecule has 0 aliphatic heterocycles. The molecule has 0 saturated carbocycles. The second-order valence-corrected chi connectivity index (χ2v) is 8.55. The van der Waals surface area contributed by atoms with Gasteiger partial charge in [0.05, 0.1) is 17.2 Å². The van der Waals surface area contributed by atoms with Crippen LogP contribution >= 0.6 is 11.6 Å². The molecule has 8 heteroatoms. The summed E-state index contributed by atoms with van der Waals surface area (Å²) < 4.78 is 33.2. The Labute approximate surface area is 180 Å². The number of hydrogen-bond acceptors (Lipinski definition) is 4. The maximum Gasteiger partial charge on any atom is 0.261 e. The molecule has 30 heavy (non-hydrogen) atoms. The number of ether oxygens (including phenoxy) is 1. The minimum atomic E-state index is -3.79. The summed E-state index contributed by atoms with van der Waals surface area (Å²) in [6.45, 7) is 2.54. The van der Waals surface area contributed by atoms with Gasteiger partial charge in [0.25, 0.3) is 15.9 Å². The first-order valence-corrected chi connectivity index (χ1v) is 11.2. The molecule has 0 heterocycles. The van der Waals surface area contributed by atoms with Crippen molar-refractivity contribution in [3.63, 3.8) is 0 Å². The van der Waals surface area contributed by atoms with Crippen LogP contribution in [0.5, 0.6) is 5.75 Å². The molecule has 0 aromatic heterocycles. The van der Waals surface area contributed by atoms with E-state index in [4.69, 9.17) is 16.3 Å². The summed E-state index contributed by atoms with van der Waals surface area (Å²) in [5.74, 6) is 0.219. The first-order chi connectivity index (χ1) is 14.4. The number of rotatable bonds is 8. The zero-order valence-corrected chi connectivity index (χ0v) is 17.8. The minimum Gasteiger partial charge on any atom is -0.491 e. The fourth-order valence-electron chi connectivity index (χ4n) is 2.62. The van der Waals surface area contributed by atoms with Gasteiger partial charge in [-0.15, -0.1) is 0 Å². The largest absolute Gasteiger partial charge is 0.491 e. The Kier molecular flexibility index (Phi) is 6.97. The molecule has 0 aliphatic carbocycles. The smallest absolute Gasteiger partial charge is 0.261 e. The molecule has 3 aromatic rings. The number of carbonyl (C=O) groups is 1. The van der Waals surface area contributed by atoms with Crippen LogP contribution in [0, 0.1) is 0 Å². The van der Waals surface area contributed by atoms with Crippen molar-refractivity contribution < 1.29 is 17.9 Å². The summed E-state index contributed by atoms with van der Waals surface area (Å²) in [4.78, 5) is 12.6. The molecule has 0 spiro atoms. The first kappa shape index (κ1) is 21.7. The monoisotopic (exact) mass is 444 g/mol. The molecule has 2 N–H and O–H groups in total. The molecule has 1 amide bonds. The van der Waals surface area contributed by atoms with Gasteiger partial charge in [-0.25, -0.2) is 8.42 Å². The van der Waals surface area contributed by atoms with E-state index in [9.17, 15) is 13.2 Å². The van der Waals surface area contributed by atoms with Crippen LogP contribution in [-0.4, -0.2) is 20.9 Å². The Morgan fingerprint density at radius 1 is 0.967 bits per heavy atom. The Hall–Kier alpha value is -3.03. The topological polar surface area (TPSA) is 84.5 Å². The van der Waals surface area contributed by atoms with Crippen molar-refractivity contribution in [1.29, 1.82) is 0 Å². The van der Waals surface area contributed by atoms with Crippen LogP contribution in [0.3, 0.4) is 0 Å². The van der Waals surface area contributed by atoms with Crippen LogP contribution in [0.1, 0.15) is 23.7 Å². The third kappa shape index (κ3) is 5.52. The fraction of sp³-hybridized carbons (Fsp3) is 0.136. The SMILES string of the molecule is CCCOc1ccccc1NC(=O)c1ccc(S(=O)(=O)Nc2ccc(Cl)cc2)cc1. The average Bonchev–Trinajstić information content (AvgIpc) is 2.74. The third-order valence-corrected chi connectivity index (χ3v) is 5.77. The molecular weight excluding hydrogens is 424 g/mol. The summed E-state index contributed by atoms with van der Waals surface area (Å²) in [6.07, 6.45) is 0.849. The van der Waals surface area contributed by atoms with E-state index in [0.29, 0.717) is 34.3 Å². The van der Waals surface area contributed by atoms with Gasteiger partial charge in [-0.3, -0.25) is 9.52 Å². The molecule has 0 unspecified atom stereocenters. The van der Waals surface area contributed by atoms with Gasteiger partial charge in [0.1, 0.15) is 5.75 Å². The molecule has 6 nitrogen and oxygen atoms in total. The highest BCUT2D eigenvalue weighted by molar-refractivity contribution is 7.92. The van der Waals surface area contributed by atoms with Gasteiger partial charge in [-0.05, 0) is 67.1 Å². The Morgan fingerprint density at radius 3 is 2.30 bits per heavy atom. The number of nitrogens with one attached hydrogen (secondary N) is 2. The molecule has 0 bridgehead atoms. The quantitative estimate of drug-likeness (QED) is 0.501. The second-order valence-electron chi connectivity index (χ2n) is 6.44. The number of sulfonamides is 1. The molecule has 0 aliphatic rings. The summed E-state index contributed by atoms with van der Waals surface area (Å²) in [5.41, 5.74) is 1.27. The predicted octanol–water partition coefficient (Wildman–Crippen LogP) is 5.18. The lowest BCUT2D eigenvalue weighted by atomic mass is 10.2. The highest BCUT2D eigenvalue weighted by Gasteiger charge is 2.16. The number of halogens is 1. The number of carbonyl (C=O) groups excluding carboxylic acids is 1. The molecular formula is C22H21ClN2O4S. The number of hydrogen-bond donors (Lipinski definition) is 2. The lowest BCUT2D eigenvalue weighted by molar-refractivity contribution is 0.102. The van der Waals surface area contributed by atoms with E-state index in [1.807, 2.05) is 13.0 Å². The van der Waals surface area contributed by atoms with Crippen molar-refractivity contribution in [1.82, 2.24) is 0 Å². The summed E-state index contributed by atoms with van der Waals surface area (Å²) >= 11 is 5.82. The van der Waals surface area contributed by atoms with Crippen LogP contribution in [-0.2, 0) is 10.0 Å². The van der Waals surface area contributed by atoms with E-state index in [1.165, 1.54) is 24.3 Å². The van der Waals surface area contributed by atoms with E-state index in [-0.39, 0.29) is 10.8 Å². The molecule has 0 fully saturated rings. The maximum absolute atomic E-state index is 12.6. The van der Waals surface area contributed by atoms with Crippen molar-refractivity contribution in [3.8, 4) is 5.75 Å². The summed E-state index contributed by atoms with van der Waals surface area (Å²) in [5, 5.41) is 3.31. The standard InChI is InChI=1S/C22H21ClN2O4S/c1-2-15-29-21-6-4-3-5-20(21)24-22(26)16-7-13-19(14-8-16)30(27,28)25-18-11-9-17(23)10-12-18/h3-14,25H,2,15H2,1H3,(H,24,26). The fourth-order valence-corrected chi connectivity index (χ4v) is 3.80. The lowest BCUT2D eigenvalue weighted by Gasteiger charge is -2.12. The molecule has 3 aromatic carbocycles. The van der Waals surface area contributed by atoms with Gasteiger partial charge >= 0.3 is 0 Å². The van der Waals surface area contributed by atoms with Crippen LogP contribution < -0.4 is 14.8 Å². The Balaban J connectivity index is 1.72. The molecule has 0 saturated heterocycles. The van der Waals surface area contributed by atoms with Gasteiger partial charge in [0, 0.05) is 16.3 Å². The van der Waals surface area contributed by atoms with E-state index in [2.05, 4.69) is 10.0 Å². The van der Waals surface area contributed by atoms with Gasteiger partial charge in [0.15, 0.2) is 0 Å². The molecule has 0 radical (unpaired) electrons. The highest BCUT2D eigenvalue weighted by atomic mass is 35.5. The predicted molar refractivity (Wildman–Crippen MR) is 119 cm³/mol. The van der Waals surface area contributed by atoms with Crippen LogP contribution in [0.4, 0.5) is 11.4 Å². The number of benzene rings is 3. The van der Waals surface area contributed by atoms with Crippen molar-refractivity contribution in [3.05, 3.63) is 83.4 Å². The zero-order valence-electron chi connectivity index (χ0n) is 16.3. The second kappa shape index (κ2) is 9.65. The summed E-state index contributed by atoms with van der Waals surface area (Å²) in [7, 11) is -3.79. The van der Waals surface area contributed by atoms with Crippen molar-refractivity contribution in [2.24, 2.45) is 0 Å². The van der Waals surface area contributed by atoms with Crippen LogP contribution in [0.25, 0.3) is 0 Å². The number of para-hydroxylation sites is 2. The highest BCUT2D eigenvalue weighted by Crippen LogP contribution is 2.25. The van der Waals surface area contributed by atoms with E-state index >= 15 is 0 Å². The van der Waals surface area contributed by atoms with Crippen molar-refractivity contribution >= 4 is 38.9 Å². The molecule has 156 valence electrons. The average molecular weight is 445 g/mol. The molecule has 3 rings (SSSR count). The Bertz CT molecular complexity index is 1110. The number of amides is 1. The van der Waals surface area contributed by atoms with Gasteiger partial charge in [0.2, 0.25) is 0 Å². The van der Waals surface area contributed by atoms with E-state index < -0.39 is 10.0 Å². The Morgan fingerprint density at radius 2 is 1.63 bits per heavy atom.